The van der Waals surface area contributed by atoms with Crippen LogP contribution in [0.15, 0.2) is 24.5 Å². The van der Waals surface area contributed by atoms with Crippen LogP contribution >= 0.6 is 0 Å². The zero-order valence-electron chi connectivity index (χ0n) is 9.88. The summed E-state index contributed by atoms with van der Waals surface area (Å²) in [6, 6.07) is 5.57. The van der Waals surface area contributed by atoms with Gasteiger partial charge in [0.15, 0.2) is 5.82 Å². The standard InChI is InChI=1S/C11H13N7/c1-18-6-14-17-10(18)5-13-11-15-8-3-2-7(12)4-9(8)16-11/h2-4,6H,5,12H2,1H3,(H2,13,15,16). The van der Waals surface area contributed by atoms with Crippen LogP contribution in [-0.2, 0) is 13.6 Å². The maximum absolute atomic E-state index is 5.71. The van der Waals surface area contributed by atoms with E-state index in [0.29, 0.717) is 18.2 Å². The fourth-order valence-corrected chi connectivity index (χ4v) is 1.74. The first kappa shape index (κ1) is 10.6. The molecule has 2 heterocycles. The lowest BCUT2D eigenvalue weighted by Gasteiger charge is -2.01. The summed E-state index contributed by atoms with van der Waals surface area (Å²) in [6.07, 6.45) is 1.66. The Hall–Kier alpha value is -2.57. The summed E-state index contributed by atoms with van der Waals surface area (Å²) in [6.45, 7) is 0.561. The zero-order valence-corrected chi connectivity index (χ0v) is 9.88. The minimum Gasteiger partial charge on any atom is -0.399 e. The molecule has 92 valence electrons. The number of nitrogens with two attached hydrogens (primary N) is 1. The molecule has 0 aliphatic carbocycles. The molecule has 18 heavy (non-hydrogen) atoms. The predicted molar refractivity (Wildman–Crippen MR) is 68.8 cm³/mol. The Morgan fingerprint density at radius 1 is 1.44 bits per heavy atom. The number of nitrogens with one attached hydrogen (secondary N) is 2. The summed E-state index contributed by atoms with van der Waals surface area (Å²) in [5, 5.41) is 11.0. The van der Waals surface area contributed by atoms with Gasteiger partial charge in [-0.2, -0.15) is 0 Å². The number of hydrogen-bond acceptors (Lipinski definition) is 5. The number of aromatic nitrogens is 5. The van der Waals surface area contributed by atoms with Gasteiger partial charge in [0.25, 0.3) is 0 Å². The Kier molecular flexibility index (Phi) is 2.36. The first-order valence-electron chi connectivity index (χ1n) is 5.54. The van der Waals surface area contributed by atoms with Crippen molar-refractivity contribution in [3.8, 4) is 0 Å². The van der Waals surface area contributed by atoms with Crippen LogP contribution in [-0.4, -0.2) is 24.7 Å². The van der Waals surface area contributed by atoms with Gasteiger partial charge in [-0.3, -0.25) is 0 Å². The van der Waals surface area contributed by atoms with E-state index in [4.69, 9.17) is 5.73 Å². The number of nitrogens with zero attached hydrogens (tertiary/aromatic N) is 4. The van der Waals surface area contributed by atoms with E-state index in [9.17, 15) is 0 Å². The fraction of sp³-hybridized carbons (Fsp3) is 0.182. The molecule has 0 aliphatic rings. The molecule has 0 unspecified atom stereocenters. The number of aryl methyl sites for hydroxylation is 1. The molecule has 1 aromatic carbocycles. The second-order valence-corrected chi connectivity index (χ2v) is 4.07. The number of rotatable bonds is 3. The largest absolute Gasteiger partial charge is 0.399 e. The van der Waals surface area contributed by atoms with Gasteiger partial charge in [-0.25, -0.2) is 4.98 Å². The van der Waals surface area contributed by atoms with Crippen molar-refractivity contribution in [1.29, 1.82) is 0 Å². The van der Waals surface area contributed by atoms with Crippen molar-refractivity contribution in [2.75, 3.05) is 11.1 Å². The van der Waals surface area contributed by atoms with Crippen molar-refractivity contribution >= 4 is 22.7 Å². The van der Waals surface area contributed by atoms with Crippen molar-refractivity contribution in [2.24, 2.45) is 7.05 Å². The summed E-state index contributed by atoms with van der Waals surface area (Å²) in [7, 11) is 1.90. The Labute approximate surface area is 103 Å². The van der Waals surface area contributed by atoms with Gasteiger partial charge in [-0.15, -0.1) is 10.2 Å². The number of nitrogen functional groups attached to an aromatic ring is 1. The summed E-state index contributed by atoms with van der Waals surface area (Å²) < 4.78 is 1.85. The Bertz CT molecular complexity index is 682. The van der Waals surface area contributed by atoms with Gasteiger partial charge in [-0.1, -0.05) is 0 Å². The van der Waals surface area contributed by atoms with Gasteiger partial charge >= 0.3 is 0 Å². The summed E-state index contributed by atoms with van der Waals surface area (Å²) in [4.78, 5) is 7.56. The maximum atomic E-state index is 5.71. The maximum Gasteiger partial charge on any atom is 0.201 e. The van der Waals surface area contributed by atoms with Crippen LogP contribution in [0.2, 0.25) is 0 Å². The van der Waals surface area contributed by atoms with E-state index >= 15 is 0 Å². The third kappa shape index (κ3) is 1.86. The molecule has 7 heteroatoms. The van der Waals surface area contributed by atoms with E-state index < -0.39 is 0 Å². The molecule has 3 aromatic rings. The van der Waals surface area contributed by atoms with E-state index in [2.05, 4.69) is 25.5 Å². The molecule has 4 N–H and O–H groups in total. The van der Waals surface area contributed by atoms with Gasteiger partial charge in [0.1, 0.15) is 6.33 Å². The van der Waals surface area contributed by atoms with Crippen LogP contribution in [0.4, 0.5) is 11.6 Å². The quantitative estimate of drug-likeness (QED) is 0.593. The van der Waals surface area contributed by atoms with Gasteiger partial charge in [0, 0.05) is 12.7 Å². The van der Waals surface area contributed by atoms with Crippen LogP contribution in [0.5, 0.6) is 0 Å². The van der Waals surface area contributed by atoms with E-state index in [1.54, 1.807) is 6.33 Å². The fourth-order valence-electron chi connectivity index (χ4n) is 1.74. The monoisotopic (exact) mass is 243 g/mol. The molecule has 0 fully saturated rings. The second-order valence-electron chi connectivity index (χ2n) is 4.07. The van der Waals surface area contributed by atoms with E-state index in [0.717, 1.165) is 16.9 Å². The van der Waals surface area contributed by atoms with Gasteiger partial charge in [0.2, 0.25) is 5.95 Å². The average Bonchev–Trinajstić information content (AvgIpc) is 2.92. The van der Waals surface area contributed by atoms with E-state index in [1.807, 2.05) is 29.8 Å². The average molecular weight is 243 g/mol. The van der Waals surface area contributed by atoms with Crippen LogP contribution < -0.4 is 11.1 Å². The number of aromatic amines is 1. The number of benzene rings is 1. The number of fused-ring (bicyclic) bond motifs is 1. The lowest BCUT2D eigenvalue weighted by atomic mass is 10.3. The summed E-state index contributed by atoms with van der Waals surface area (Å²) in [5.41, 5.74) is 8.22. The van der Waals surface area contributed by atoms with Crippen LogP contribution in [0.25, 0.3) is 11.0 Å². The predicted octanol–water partition coefficient (Wildman–Crippen LogP) is 0.886. The Balaban J connectivity index is 1.81. The molecule has 0 atom stereocenters. The first-order valence-corrected chi connectivity index (χ1v) is 5.54. The highest BCUT2D eigenvalue weighted by molar-refractivity contribution is 5.80. The van der Waals surface area contributed by atoms with Crippen molar-refractivity contribution in [1.82, 2.24) is 24.7 Å². The number of H-pyrrole nitrogens is 1. The van der Waals surface area contributed by atoms with Gasteiger partial charge < -0.3 is 20.6 Å². The highest BCUT2D eigenvalue weighted by atomic mass is 15.3. The topological polar surface area (TPSA) is 97.4 Å². The summed E-state index contributed by atoms with van der Waals surface area (Å²) in [5.74, 6) is 1.54. The zero-order chi connectivity index (χ0) is 12.5. The highest BCUT2D eigenvalue weighted by Gasteiger charge is 2.04. The molecule has 0 amide bonds. The molecule has 2 aromatic heterocycles. The van der Waals surface area contributed by atoms with Crippen molar-refractivity contribution < 1.29 is 0 Å². The minimum absolute atomic E-state index is 0.561. The molecule has 0 radical (unpaired) electrons. The summed E-state index contributed by atoms with van der Waals surface area (Å²) >= 11 is 0. The lowest BCUT2D eigenvalue weighted by molar-refractivity contribution is 0.809. The Morgan fingerprint density at radius 2 is 2.33 bits per heavy atom. The third-order valence-electron chi connectivity index (χ3n) is 2.73. The van der Waals surface area contributed by atoms with Crippen molar-refractivity contribution in [3.63, 3.8) is 0 Å². The molecule has 0 saturated heterocycles. The third-order valence-corrected chi connectivity index (χ3v) is 2.73. The molecule has 0 spiro atoms. The molecule has 0 bridgehead atoms. The van der Waals surface area contributed by atoms with Gasteiger partial charge in [0.05, 0.1) is 17.6 Å². The molecule has 0 saturated carbocycles. The number of hydrogen-bond donors (Lipinski definition) is 3. The second kappa shape index (κ2) is 4.02. The SMILES string of the molecule is Cn1cnnc1CNc1nc2ccc(N)cc2[nH]1. The van der Waals surface area contributed by atoms with Crippen molar-refractivity contribution in [3.05, 3.63) is 30.4 Å². The van der Waals surface area contributed by atoms with Crippen LogP contribution in [0.1, 0.15) is 5.82 Å². The van der Waals surface area contributed by atoms with Gasteiger partial charge in [-0.05, 0) is 18.2 Å². The van der Waals surface area contributed by atoms with Crippen molar-refractivity contribution in [2.45, 2.75) is 6.54 Å². The molecular weight excluding hydrogens is 230 g/mol. The van der Waals surface area contributed by atoms with Crippen LogP contribution in [0, 0.1) is 0 Å². The molecule has 7 nitrogen and oxygen atoms in total. The smallest absolute Gasteiger partial charge is 0.201 e. The first-order chi connectivity index (χ1) is 8.72. The minimum atomic E-state index is 0.561. The molecule has 0 aliphatic heterocycles. The number of anilines is 2. The lowest BCUT2D eigenvalue weighted by Crippen LogP contribution is -2.06. The normalized spacial score (nSPS) is 10.9. The highest BCUT2D eigenvalue weighted by Crippen LogP contribution is 2.17. The van der Waals surface area contributed by atoms with E-state index in [1.165, 1.54) is 0 Å². The van der Waals surface area contributed by atoms with Crippen LogP contribution in [0.3, 0.4) is 0 Å². The number of imidazole rings is 1. The molecular formula is C11H13N7. The molecule has 3 rings (SSSR count). The van der Waals surface area contributed by atoms with E-state index in [-0.39, 0.29) is 0 Å². The Morgan fingerprint density at radius 3 is 3.11 bits per heavy atom.